The Balaban J connectivity index is 1.48. The average Bonchev–Trinajstić information content (AvgIpc) is 3.28. The predicted molar refractivity (Wildman–Crippen MR) is 131 cm³/mol. The Morgan fingerprint density at radius 1 is 0.943 bits per heavy atom. The van der Waals surface area contributed by atoms with Crippen LogP contribution in [0.3, 0.4) is 0 Å². The Labute approximate surface area is 201 Å². The van der Waals surface area contributed by atoms with Crippen molar-refractivity contribution in [3.05, 3.63) is 60.3 Å². The third-order valence-corrected chi connectivity index (χ3v) is 6.34. The van der Waals surface area contributed by atoms with Crippen LogP contribution in [0, 0.1) is 0 Å². The van der Waals surface area contributed by atoms with Crippen molar-refractivity contribution in [3.8, 4) is 28.1 Å². The van der Waals surface area contributed by atoms with E-state index in [1.807, 2.05) is 6.07 Å². The smallest absolute Gasteiger partial charge is 0.419 e. The number of anilines is 1. The highest BCUT2D eigenvalue weighted by atomic mass is 19.4. The molecule has 0 atom stereocenters. The number of halogens is 3. The van der Waals surface area contributed by atoms with Crippen LogP contribution < -0.4 is 9.64 Å². The van der Waals surface area contributed by atoms with Crippen LogP contribution in [0.4, 0.5) is 18.9 Å². The molecule has 4 aromatic rings. The summed E-state index contributed by atoms with van der Waals surface area (Å²) < 4.78 is 46.2. The number of piperazine rings is 1. The summed E-state index contributed by atoms with van der Waals surface area (Å²) >= 11 is 0. The summed E-state index contributed by atoms with van der Waals surface area (Å²) in [4.78, 5) is 9.14. The molecule has 6 nitrogen and oxygen atoms in total. The number of fused-ring (bicyclic) bond motifs is 1. The van der Waals surface area contributed by atoms with E-state index in [1.165, 1.54) is 11.8 Å². The Morgan fingerprint density at radius 2 is 1.66 bits per heavy atom. The number of likely N-dealkylation sites (N-methyl/N-ethyl adjacent to an activating group) is 1. The lowest BCUT2D eigenvalue weighted by Crippen LogP contribution is -2.44. The summed E-state index contributed by atoms with van der Waals surface area (Å²) in [6, 6.07) is 14.2. The molecule has 35 heavy (non-hydrogen) atoms. The van der Waals surface area contributed by atoms with Crippen LogP contribution in [-0.2, 0) is 6.18 Å². The van der Waals surface area contributed by atoms with Crippen molar-refractivity contribution in [3.63, 3.8) is 0 Å². The van der Waals surface area contributed by atoms with Gasteiger partial charge in [0.1, 0.15) is 11.4 Å². The van der Waals surface area contributed by atoms with Crippen molar-refractivity contribution in [1.82, 2.24) is 20.1 Å². The van der Waals surface area contributed by atoms with E-state index in [4.69, 9.17) is 4.74 Å². The van der Waals surface area contributed by atoms with Crippen molar-refractivity contribution in [1.29, 1.82) is 0 Å². The van der Waals surface area contributed by atoms with Gasteiger partial charge in [0, 0.05) is 54.6 Å². The Bertz CT molecular complexity index is 1330. The molecular formula is C26H26F3N5O. The van der Waals surface area contributed by atoms with Crippen molar-refractivity contribution < 1.29 is 17.9 Å². The van der Waals surface area contributed by atoms with Crippen molar-refractivity contribution in [2.45, 2.75) is 13.1 Å². The summed E-state index contributed by atoms with van der Waals surface area (Å²) in [5.41, 5.74) is 3.47. The van der Waals surface area contributed by atoms with Crippen molar-refractivity contribution in [2.24, 2.45) is 0 Å². The fourth-order valence-electron chi connectivity index (χ4n) is 4.39. The zero-order valence-electron chi connectivity index (χ0n) is 19.6. The first-order valence-electron chi connectivity index (χ1n) is 11.6. The second-order valence-electron chi connectivity index (χ2n) is 8.67. The van der Waals surface area contributed by atoms with E-state index in [0.717, 1.165) is 43.4 Å². The molecule has 0 spiro atoms. The minimum Gasteiger partial charge on any atom is -0.493 e. The molecule has 1 N–H and O–H groups in total. The first kappa shape index (κ1) is 23.2. The number of hydrogen-bond donors (Lipinski definition) is 1. The number of alkyl halides is 3. The molecule has 0 aliphatic carbocycles. The van der Waals surface area contributed by atoms with Gasteiger partial charge in [-0.15, -0.1) is 0 Å². The number of pyridine rings is 1. The largest absolute Gasteiger partial charge is 0.493 e. The summed E-state index contributed by atoms with van der Waals surface area (Å²) in [6.07, 6.45) is -2.80. The molecule has 1 saturated heterocycles. The van der Waals surface area contributed by atoms with Gasteiger partial charge >= 0.3 is 6.18 Å². The molecule has 0 radical (unpaired) electrons. The van der Waals surface area contributed by atoms with Crippen molar-refractivity contribution >= 4 is 16.7 Å². The number of nitrogens with one attached hydrogen (secondary N) is 1. The van der Waals surface area contributed by atoms with E-state index in [-0.39, 0.29) is 12.4 Å². The van der Waals surface area contributed by atoms with Crippen LogP contribution in [0.25, 0.3) is 33.4 Å². The number of H-pyrrole nitrogens is 1. The second-order valence-corrected chi connectivity index (χ2v) is 8.67. The first-order valence-corrected chi connectivity index (χ1v) is 11.6. The molecule has 0 saturated carbocycles. The summed E-state index contributed by atoms with van der Waals surface area (Å²) in [5.74, 6) is -0.192. The molecule has 0 bridgehead atoms. The zero-order valence-corrected chi connectivity index (χ0v) is 19.6. The standard InChI is InChI=1S/C26H26F3N5O/c1-3-35-23-9-6-18(15-22(23)26(27,28)29)24-21-14-19(16-30-25(21)32-31-24)17-4-7-20(8-5-17)34-12-10-33(2)11-13-34/h4-9,14-16H,3,10-13H2,1-2H3,(H,30,31,32). The molecule has 9 heteroatoms. The van der Waals surface area contributed by atoms with Gasteiger partial charge in [0.05, 0.1) is 12.2 Å². The zero-order chi connectivity index (χ0) is 24.6. The Morgan fingerprint density at radius 3 is 2.34 bits per heavy atom. The summed E-state index contributed by atoms with van der Waals surface area (Å²) in [7, 11) is 2.13. The van der Waals surface area contributed by atoms with Gasteiger partial charge in [-0.3, -0.25) is 5.10 Å². The lowest BCUT2D eigenvalue weighted by molar-refractivity contribution is -0.138. The molecule has 2 aromatic heterocycles. The van der Waals surface area contributed by atoms with E-state index in [9.17, 15) is 13.2 Å². The third-order valence-electron chi connectivity index (χ3n) is 6.34. The molecule has 1 aliphatic heterocycles. The number of aromatic nitrogens is 3. The molecule has 0 unspecified atom stereocenters. The van der Waals surface area contributed by atoms with E-state index < -0.39 is 11.7 Å². The monoisotopic (exact) mass is 481 g/mol. The maximum atomic E-state index is 13.7. The summed E-state index contributed by atoms with van der Waals surface area (Å²) in [6.45, 7) is 5.85. The quantitative estimate of drug-likeness (QED) is 0.410. The topological polar surface area (TPSA) is 57.3 Å². The molecule has 5 rings (SSSR count). The van der Waals surface area contributed by atoms with Gasteiger partial charge in [-0.25, -0.2) is 4.98 Å². The van der Waals surface area contributed by atoms with Crippen LogP contribution in [0.2, 0.25) is 0 Å². The van der Waals surface area contributed by atoms with Crippen LogP contribution in [0.1, 0.15) is 12.5 Å². The molecule has 0 amide bonds. The van der Waals surface area contributed by atoms with E-state index in [1.54, 1.807) is 19.2 Å². The number of hydrogen-bond acceptors (Lipinski definition) is 5. The van der Waals surface area contributed by atoms with Crippen LogP contribution >= 0.6 is 0 Å². The van der Waals surface area contributed by atoms with E-state index >= 15 is 0 Å². The van der Waals surface area contributed by atoms with E-state index in [0.29, 0.717) is 22.3 Å². The molecule has 182 valence electrons. The van der Waals surface area contributed by atoms with Crippen LogP contribution in [-0.4, -0.2) is 59.9 Å². The fraction of sp³-hybridized carbons (Fsp3) is 0.308. The van der Waals surface area contributed by atoms with Gasteiger partial charge in [0.2, 0.25) is 0 Å². The Hall–Kier alpha value is -3.59. The maximum absolute atomic E-state index is 13.7. The lowest BCUT2D eigenvalue weighted by Gasteiger charge is -2.34. The molecule has 1 fully saturated rings. The first-order chi connectivity index (χ1) is 16.8. The maximum Gasteiger partial charge on any atom is 0.419 e. The van der Waals surface area contributed by atoms with Crippen LogP contribution in [0.15, 0.2) is 54.7 Å². The van der Waals surface area contributed by atoms with Gasteiger partial charge in [0.15, 0.2) is 5.65 Å². The number of nitrogens with zero attached hydrogens (tertiary/aromatic N) is 4. The predicted octanol–water partition coefficient (Wildman–Crippen LogP) is 5.46. The Kier molecular flexibility index (Phi) is 6.10. The lowest BCUT2D eigenvalue weighted by atomic mass is 10.0. The van der Waals surface area contributed by atoms with Crippen molar-refractivity contribution in [2.75, 3.05) is 44.7 Å². The minimum atomic E-state index is -4.54. The van der Waals surface area contributed by atoms with Crippen LogP contribution in [0.5, 0.6) is 5.75 Å². The molecular weight excluding hydrogens is 455 g/mol. The minimum absolute atomic E-state index is 0.147. The molecule has 3 heterocycles. The highest BCUT2D eigenvalue weighted by Crippen LogP contribution is 2.40. The van der Waals surface area contributed by atoms with Gasteiger partial charge in [-0.2, -0.15) is 18.3 Å². The third kappa shape index (κ3) is 4.68. The average molecular weight is 482 g/mol. The fourth-order valence-corrected chi connectivity index (χ4v) is 4.39. The SMILES string of the molecule is CCOc1ccc(-c2n[nH]c3ncc(-c4ccc(N5CCN(C)CC5)cc4)cc23)cc1C(F)(F)F. The number of ether oxygens (including phenoxy) is 1. The number of benzene rings is 2. The number of aromatic amines is 1. The highest BCUT2D eigenvalue weighted by Gasteiger charge is 2.35. The normalized spacial score (nSPS) is 15.1. The van der Waals surface area contributed by atoms with E-state index in [2.05, 4.69) is 56.3 Å². The number of rotatable bonds is 5. The van der Waals surface area contributed by atoms with Gasteiger partial charge in [0.25, 0.3) is 0 Å². The second kappa shape index (κ2) is 9.22. The summed E-state index contributed by atoms with van der Waals surface area (Å²) in [5, 5.41) is 7.76. The van der Waals surface area contributed by atoms with Gasteiger partial charge < -0.3 is 14.5 Å². The highest BCUT2D eigenvalue weighted by molar-refractivity contribution is 5.93. The van der Waals surface area contributed by atoms with Gasteiger partial charge in [-0.1, -0.05) is 12.1 Å². The molecule has 2 aromatic carbocycles. The molecule has 1 aliphatic rings. The van der Waals surface area contributed by atoms with Gasteiger partial charge in [-0.05, 0) is 55.9 Å².